The molecular weight excluding hydrogens is 621 g/mol. The Kier molecular flexibility index (Phi) is 11.6. The molecule has 1 fully saturated rings. The van der Waals surface area contributed by atoms with Gasteiger partial charge in [0.25, 0.3) is 10.0 Å². The van der Waals surface area contributed by atoms with Crippen LogP contribution in [-0.4, -0.2) is 50.4 Å². The summed E-state index contributed by atoms with van der Waals surface area (Å²) in [6.07, 6.45) is 4.14. The first-order chi connectivity index (χ1) is 21.0. The molecule has 0 saturated heterocycles. The van der Waals surface area contributed by atoms with Gasteiger partial charge < -0.3 is 15.0 Å². The second kappa shape index (κ2) is 15.1. The van der Waals surface area contributed by atoms with Crippen molar-refractivity contribution in [2.45, 2.75) is 76.4 Å². The van der Waals surface area contributed by atoms with Gasteiger partial charge in [-0.2, -0.15) is 0 Å². The summed E-state index contributed by atoms with van der Waals surface area (Å²) in [6, 6.07) is 17.2. The maximum atomic E-state index is 14.3. The topological polar surface area (TPSA) is 96.0 Å². The summed E-state index contributed by atoms with van der Waals surface area (Å²) in [5.41, 5.74) is 1.65. The fourth-order valence-electron chi connectivity index (χ4n) is 5.38. The van der Waals surface area contributed by atoms with Crippen LogP contribution >= 0.6 is 23.2 Å². The molecule has 3 aromatic carbocycles. The molecule has 0 unspecified atom stereocenters. The molecule has 0 spiro atoms. The summed E-state index contributed by atoms with van der Waals surface area (Å²) in [5, 5.41) is 3.79. The van der Waals surface area contributed by atoms with Gasteiger partial charge in [-0.15, -0.1) is 0 Å². The SMILES string of the molecule is CCOc1ccc(N(CC(=O)N(Cc2c(Cl)cccc2Cl)[C@@H](CC)C(=O)NC2CCCC2)S(=O)(=O)c2ccc(C)cc2)cc1. The number of carbonyl (C=O) groups is 2. The Morgan fingerprint density at radius 1 is 0.955 bits per heavy atom. The highest BCUT2D eigenvalue weighted by Gasteiger charge is 2.35. The Bertz CT molecular complexity index is 1520. The van der Waals surface area contributed by atoms with Crippen LogP contribution in [0, 0.1) is 6.92 Å². The maximum Gasteiger partial charge on any atom is 0.264 e. The van der Waals surface area contributed by atoms with Crippen molar-refractivity contribution in [3.63, 3.8) is 0 Å². The molecule has 1 aliphatic rings. The molecular formula is C33H39Cl2N3O5S. The number of carbonyl (C=O) groups excluding carboxylic acids is 2. The number of halogens is 2. The van der Waals surface area contributed by atoms with Crippen LogP contribution in [0.4, 0.5) is 5.69 Å². The predicted molar refractivity (Wildman–Crippen MR) is 175 cm³/mol. The number of hydrogen-bond acceptors (Lipinski definition) is 5. The van der Waals surface area contributed by atoms with E-state index < -0.39 is 28.5 Å². The van der Waals surface area contributed by atoms with Gasteiger partial charge in [0.2, 0.25) is 11.8 Å². The van der Waals surface area contributed by atoms with Gasteiger partial charge in [-0.05, 0) is 81.6 Å². The molecule has 1 atom stereocenters. The summed E-state index contributed by atoms with van der Waals surface area (Å²) in [7, 11) is -4.19. The van der Waals surface area contributed by atoms with Gasteiger partial charge in [0.05, 0.1) is 17.2 Å². The first-order valence-electron chi connectivity index (χ1n) is 14.9. The van der Waals surface area contributed by atoms with Crippen LogP contribution in [0.3, 0.4) is 0 Å². The van der Waals surface area contributed by atoms with Crippen LogP contribution in [0.5, 0.6) is 5.75 Å². The normalized spacial score (nSPS) is 14.2. The van der Waals surface area contributed by atoms with E-state index >= 15 is 0 Å². The van der Waals surface area contributed by atoms with Gasteiger partial charge in [-0.1, -0.05) is 66.7 Å². The number of ether oxygens (including phenoxy) is 1. The summed E-state index contributed by atoms with van der Waals surface area (Å²) in [6.45, 7) is 5.36. The van der Waals surface area contributed by atoms with Crippen molar-refractivity contribution in [3.8, 4) is 5.75 Å². The third kappa shape index (κ3) is 8.06. The van der Waals surface area contributed by atoms with E-state index in [1.165, 1.54) is 17.0 Å². The average Bonchev–Trinajstić information content (AvgIpc) is 3.51. The Morgan fingerprint density at radius 3 is 2.14 bits per heavy atom. The predicted octanol–water partition coefficient (Wildman–Crippen LogP) is 6.76. The lowest BCUT2D eigenvalue weighted by Gasteiger charge is -2.34. The second-order valence-electron chi connectivity index (χ2n) is 10.9. The van der Waals surface area contributed by atoms with E-state index in [1.807, 2.05) is 20.8 Å². The summed E-state index contributed by atoms with van der Waals surface area (Å²) < 4.78 is 34.8. The number of nitrogens with one attached hydrogen (secondary N) is 1. The van der Waals surface area contributed by atoms with Gasteiger partial charge in [0.15, 0.2) is 0 Å². The van der Waals surface area contributed by atoms with E-state index in [9.17, 15) is 18.0 Å². The minimum absolute atomic E-state index is 0.0384. The summed E-state index contributed by atoms with van der Waals surface area (Å²) >= 11 is 13.0. The molecule has 8 nitrogen and oxygen atoms in total. The molecule has 0 bridgehead atoms. The van der Waals surface area contributed by atoms with Gasteiger partial charge in [-0.3, -0.25) is 13.9 Å². The Morgan fingerprint density at radius 2 is 1.57 bits per heavy atom. The van der Waals surface area contributed by atoms with Crippen molar-refractivity contribution in [3.05, 3.63) is 87.9 Å². The lowest BCUT2D eigenvalue weighted by molar-refractivity contribution is -0.140. The molecule has 236 valence electrons. The lowest BCUT2D eigenvalue weighted by Crippen LogP contribution is -2.53. The molecule has 11 heteroatoms. The summed E-state index contributed by atoms with van der Waals surface area (Å²) in [4.78, 5) is 29.4. The summed E-state index contributed by atoms with van der Waals surface area (Å²) in [5.74, 6) is -0.288. The minimum Gasteiger partial charge on any atom is -0.494 e. The van der Waals surface area contributed by atoms with E-state index in [-0.39, 0.29) is 29.1 Å². The average molecular weight is 661 g/mol. The fraction of sp³-hybridized carbons (Fsp3) is 0.394. The highest BCUT2D eigenvalue weighted by Crippen LogP contribution is 2.30. The Balaban J connectivity index is 1.74. The monoisotopic (exact) mass is 659 g/mol. The number of amides is 2. The van der Waals surface area contributed by atoms with Crippen molar-refractivity contribution in [2.75, 3.05) is 17.5 Å². The highest BCUT2D eigenvalue weighted by molar-refractivity contribution is 7.92. The number of rotatable bonds is 13. The van der Waals surface area contributed by atoms with Crippen LogP contribution in [-0.2, 0) is 26.2 Å². The smallest absolute Gasteiger partial charge is 0.264 e. The minimum atomic E-state index is -4.19. The third-order valence-corrected chi connectivity index (χ3v) is 10.3. The molecule has 4 rings (SSSR count). The largest absolute Gasteiger partial charge is 0.494 e. The van der Waals surface area contributed by atoms with Crippen molar-refractivity contribution in [2.24, 2.45) is 0 Å². The standard InChI is InChI=1S/C33H39Cl2N3O5S/c1-4-31(33(40)36-24-9-6-7-10-24)37(21-28-29(34)11-8-12-30(28)35)32(39)22-38(25-15-17-26(18-16-25)43-5-2)44(41,42)27-19-13-23(3)14-20-27/h8,11-20,24,31H,4-7,9-10,21-22H2,1-3H3,(H,36,40)/t31-/m0/s1. The number of nitrogens with zero attached hydrogens (tertiary/aromatic N) is 2. The van der Waals surface area contributed by atoms with Gasteiger partial charge >= 0.3 is 0 Å². The van der Waals surface area contributed by atoms with Crippen molar-refractivity contribution in [1.29, 1.82) is 0 Å². The lowest BCUT2D eigenvalue weighted by atomic mass is 10.1. The molecule has 1 N–H and O–H groups in total. The first kappa shape index (κ1) is 33.6. The van der Waals surface area contributed by atoms with Gasteiger partial charge in [0, 0.05) is 28.2 Å². The molecule has 0 aromatic heterocycles. The molecule has 44 heavy (non-hydrogen) atoms. The maximum absolute atomic E-state index is 14.3. The number of sulfonamides is 1. The Hall–Kier alpha value is -3.27. The number of hydrogen-bond donors (Lipinski definition) is 1. The fourth-order valence-corrected chi connectivity index (χ4v) is 7.31. The van der Waals surface area contributed by atoms with Crippen molar-refractivity contribution in [1.82, 2.24) is 10.2 Å². The van der Waals surface area contributed by atoms with E-state index in [0.717, 1.165) is 35.6 Å². The van der Waals surface area contributed by atoms with Gasteiger partial charge in [-0.25, -0.2) is 8.42 Å². The van der Waals surface area contributed by atoms with Crippen LogP contribution < -0.4 is 14.4 Å². The first-order valence-corrected chi connectivity index (χ1v) is 17.1. The molecule has 0 heterocycles. The molecule has 1 saturated carbocycles. The van der Waals surface area contributed by atoms with E-state index in [4.69, 9.17) is 27.9 Å². The van der Waals surface area contributed by atoms with E-state index in [0.29, 0.717) is 34.4 Å². The quantitative estimate of drug-likeness (QED) is 0.219. The zero-order valence-electron chi connectivity index (χ0n) is 25.3. The molecule has 1 aliphatic carbocycles. The van der Waals surface area contributed by atoms with Crippen LogP contribution in [0.1, 0.15) is 57.1 Å². The third-order valence-electron chi connectivity index (χ3n) is 7.80. The van der Waals surface area contributed by atoms with Crippen LogP contribution in [0.15, 0.2) is 71.6 Å². The van der Waals surface area contributed by atoms with Crippen LogP contribution in [0.2, 0.25) is 10.0 Å². The zero-order chi connectivity index (χ0) is 31.9. The second-order valence-corrected chi connectivity index (χ2v) is 13.6. The molecule has 3 aromatic rings. The van der Waals surface area contributed by atoms with E-state index in [2.05, 4.69) is 5.32 Å². The molecule has 0 aliphatic heterocycles. The molecule has 0 radical (unpaired) electrons. The van der Waals surface area contributed by atoms with Gasteiger partial charge in [0.1, 0.15) is 18.3 Å². The van der Waals surface area contributed by atoms with Crippen molar-refractivity contribution < 1.29 is 22.7 Å². The zero-order valence-corrected chi connectivity index (χ0v) is 27.6. The number of benzene rings is 3. The van der Waals surface area contributed by atoms with Crippen molar-refractivity contribution >= 4 is 50.7 Å². The number of aryl methyl sites for hydroxylation is 1. The van der Waals surface area contributed by atoms with E-state index in [1.54, 1.807) is 54.6 Å². The molecule has 2 amide bonds. The number of anilines is 1. The highest BCUT2D eigenvalue weighted by atomic mass is 35.5. The Labute approximate surface area is 270 Å². The van der Waals surface area contributed by atoms with Crippen LogP contribution in [0.25, 0.3) is 0 Å².